The Hall–Kier alpha value is -0.560. The summed E-state index contributed by atoms with van der Waals surface area (Å²) in [7, 11) is 0. The summed E-state index contributed by atoms with van der Waals surface area (Å²) in [5, 5.41) is 3.62. The number of hydrogen-bond acceptors (Lipinski definition) is 1. The van der Waals surface area contributed by atoms with E-state index in [1.807, 2.05) is 0 Å². The van der Waals surface area contributed by atoms with Crippen molar-refractivity contribution < 1.29 is 0 Å². The van der Waals surface area contributed by atoms with E-state index in [2.05, 4.69) is 51.2 Å². The van der Waals surface area contributed by atoms with Gasteiger partial charge in [0, 0.05) is 12.1 Å². The summed E-state index contributed by atoms with van der Waals surface area (Å²) < 4.78 is 0. The Balaban J connectivity index is 1.99. The van der Waals surface area contributed by atoms with Crippen molar-refractivity contribution in [1.29, 1.82) is 0 Å². The zero-order valence-electron chi connectivity index (χ0n) is 11.1. The molecule has 0 bridgehead atoms. The van der Waals surface area contributed by atoms with Gasteiger partial charge in [0.15, 0.2) is 0 Å². The molecule has 3 unspecified atom stereocenters. The molecule has 0 aromatic rings. The van der Waals surface area contributed by atoms with Crippen LogP contribution in [0.2, 0.25) is 0 Å². The largest absolute Gasteiger partial charge is 0.308 e. The molecule has 2 aliphatic rings. The van der Waals surface area contributed by atoms with Crippen LogP contribution in [0, 0.1) is 17.8 Å². The molecule has 0 heterocycles. The lowest BCUT2D eigenvalue weighted by atomic mass is 9.84. The van der Waals surface area contributed by atoms with Crippen LogP contribution in [-0.4, -0.2) is 12.1 Å². The second-order valence-corrected chi connectivity index (χ2v) is 6.58. The molecule has 3 atom stereocenters. The molecular weight excluding hydrogens is 194 g/mol. The molecule has 1 saturated carbocycles. The standard InChI is InChI=1S/C15H25N/c1-11-8-12-6-5-7-13(14(12)9-11)10-16-15(2,3)4/h5-7,11-12,14,16H,8-10H2,1-4H3. The maximum Gasteiger partial charge on any atom is 0.0175 e. The van der Waals surface area contributed by atoms with E-state index in [1.165, 1.54) is 12.8 Å². The Bertz CT molecular complexity index is 306. The predicted molar refractivity (Wildman–Crippen MR) is 70.4 cm³/mol. The van der Waals surface area contributed by atoms with Crippen molar-refractivity contribution in [1.82, 2.24) is 5.32 Å². The van der Waals surface area contributed by atoms with Gasteiger partial charge in [-0.25, -0.2) is 0 Å². The van der Waals surface area contributed by atoms with Crippen LogP contribution >= 0.6 is 0 Å². The Morgan fingerprint density at radius 3 is 2.75 bits per heavy atom. The van der Waals surface area contributed by atoms with Gasteiger partial charge in [-0.3, -0.25) is 0 Å². The lowest BCUT2D eigenvalue weighted by molar-refractivity contribution is 0.418. The van der Waals surface area contributed by atoms with Crippen LogP contribution in [0.15, 0.2) is 23.8 Å². The van der Waals surface area contributed by atoms with Crippen molar-refractivity contribution in [3.05, 3.63) is 23.8 Å². The van der Waals surface area contributed by atoms with Crippen LogP contribution in [0.3, 0.4) is 0 Å². The summed E-state index contributed by atoms with van der Waals surface area (Å²) in [5.74, 6) is 2.53. The fraction of sp³-hybridized carbons (Fsp3) is 0.733. The number of hydrogen-bond donors (Lipinski definition) is 1. The van der Waals surface area contributed by atoms with Gasteiger partial charge in [0.1, 0.15) is 0 Å². The van der Waals surface area contributed by atoms with Crippen LogP contribution in [0.5, 0.6) is 0 Å². The van der Waals surface area contributed by atoms with Crippen LogP contribution < -0.4 is 5.32 Å². The van der Waals surface area contributed by atoms with Gasteiger partial charge in [-0.1, -0.05) is 30.7 Å². The molecule has 0 aromatic carbocycles. The first kappa shape index (κ1) is 11.9. The summed E-state index contributed by atoms with van der Waals surface area (Å²) in [6, 6.07) is 0. The maximum atomic E-state index is 3.62. The van der Waals surface area contributed by atoms with Gasteiger partial charge >= 0.3 is 0 Å². The number of allylic oxidation sites excluding steroid dienone is 3. The van der Waals surface area contributed by atoms with Gasteiger partial charge in [0.25, 0.3) is 0 Å². The summed E-state index contributed by atoms with van der Waals surface area (Å²) in [6.07, 6.45) is 9.77. The van der Waals surface area contributed by atoms with Crippen LogP contribution in [0.25, 0.3) is 0 Å². The highest BCUT2D eigenvalue weighted by atomic mass is 14.9. The molecule has 0 radical (unpaired) electrons. The van der Waals surface area contributed by atoms with E-state index in [9.17, 15) is 0 Å². The van der Waals surface area contributed by atoms with Crippen LogP contribution in [0.4, 0.5) is 0 Å². The Kier molecular flexibility index (Phi) is 3.25. The van der Waals surface area contributed by atoms with Crippen LogP contribution in [0.1, 0.15) is 40.5 Å². The van der Waals surface area contributed by atoms with Crippen molar-refractivity contribution in [2.45, 2.75) is 46.1 Å². The van der Waals surface area contributed by atoms with Crippen molar-refractivity contribution in [2.24, 2.45) is 17.8 Å². The minimum atomic E-state index is 0.224. The second kappa shape index (κ2) is 4.37. The Morgan fingerprint density at radius 1 is 1.31 bits per heavy atom. The molecule has 2 aliphatic carbocycles. The number of nitrogens with one attached hydrogen (secondary N) is 1. The molecule has 1 heteroatoms. The number of rotatable bonds is 2. The summed E-state index contributed by atoms with van der Waals surface area (Å²) in [5.41, 5.74) is 1.84. The van der Waals surface area contributed by atoms with E-state index in [0.29, 0.717) is 0 Å². The van der Waals surface area contributed by atoms with Gasteiger partial charge in [0.05, 0.1) is 0 Å². The first-order chi connectivity index (χ1) is 7.46. The van der Waals surface area contributed by atoms with Gasteiger partial charge in [-0.15, -0.1) is 0 Å². The third-order valence-corrected chi connectivity index (χ3v) is 3.82. The van der Waals surface area contributed by atoms with E-state index in [1.54, 1.807) is 5.57 Å². The van der Waals surface area contributed by atoms with Crippen molar-refractivity contribution >= 4 is 0 Å². The van der Waals surface area contributed by atoms with E-state index in [4.69, 9.17) is 0 Å². The molecule has 0 amide bonds. The first-order valence-electron chi connectivity index (χ1n) is 6.58. The molecule has 0 aliphatic heterocycles. The third kappa shape index (κ3) is 2.76. The monoisotopic (exact) mass is 219 g/mol. The maximum absolute atomic E-state index is 3.62. The number of fused-ring (bicyclic) bond motifs is 1. The molecule has 90 valence electrons. The highest BCUT2D eigenvalue weighted by molar-refractivity contribution is 5.26. The van der Waals surface area contributed by atoms with Crippen LogP contribution in [-0.2, 0) is 0 Å². The quantitative estimate of drug-likeness (QED) is 0.749. The highest BCUT2D eigenvalue weighted by Gasteiger charge is 2.33. The first-order valence-corrected chi connectivity index (χ1v) is 6.58. The second-order valence-electron chi connectivity index (χ2n) is 6.58. The molecule has 0 saturated heterocycles. The fourth-order valence-corrected chi connectivity index (χ4v) is 2.98. The normalized spacial score (nSPS) is 33.8. The smallest absolute Gasteiger partial charge is 0.0175 e. The van der Waals surface area contributed by atoms with Crippen molar-refractivity contribution in [3.8, 4) is 0 Å². The highest BCUT2D eigenvalue weighted by Crippen LogP contribution is 2.42. The summed E-state index contributed by atoms with van der Waals surface area (Å²) in [6.45, 7) is 10.2. The van der Waals surface area contributed by atoms with Gasteiger partial charge < -0.3 is 5.32 Å². The van der Waals surface area contributed by atoms with E-state index in [-0.39, 0.29) is 5.54 Å². The third-order valence-electron chi connectivity index (χ3n) is 3.82. The molecule has 1 nitrogen and oxygen atoms in total. The molecular formula is C15H25N. The average Bonchev–Trinajstić information content (AvgIpc) is 2.54. The zero-order valence-corrected chi connectivity index (χ0v) is 11.1. The average molecular weight is 219 g/mol. The van der Waals surface area contributed by atoms with Gasteiger partial charge in [0.2, 0.25) is 0 Å². The minimum absolute atomic E-state index is 0.224. The lowest BCUT2D eigenvalue weighted by Crippen LogP contribution is -2.38. The Morgan fingerprint density at radius 2 is 2.06 bits per heavy atom. The molecule has 0 aromatic heterocycles. The topological polar surface area (TPSA) is 12.0 Å². The van der Waals surface area contributed by atoms with E-state index >= 15 is 0 Å². The van der Waals surface area contributed by atoms with Crippen molar-refractivity contribution in [3.63, 3.8) is 0 Å². The fourth-order valence-electron chi connectivity index (χ4n) is 2.98. The molecule has 1 fully saturated rings. The lowest BCUT2D eigenvalue weighted by Gasteiger charge is -2.27. The summed E-state index contributed by atoms with van der Waals surface area (Å²) >= 11 is 0. The van der Waals surface area contributed by atoms with Gasteiger partial charge in [-0.2, -0.15) is 0 Å². The predicted octanol–water partition coefficient (Wildman–Crippen LogP) is 3.53. The van der Waals surface area contributed by atoms with E-state index in [0.717, 1.165) is 24.3 Å². The zero-order chi connectivity index (χ0) is 11.8. The molecule has 0 spiro atoms. The van der Waals surface area contributed by atoms with Gasteiger partial charge in [-0.05, 0) is 51.4 Å². The Labute approximate surface area is 100 Å². The molecule has 1 N–H and O–H groups in total. The minimum Gasteiger partial charge on any atom is -0.308 e. The summed E-state index contributed by atoms with van der Waals surface area (Å²) in [4.78, 5) is 0. The van der Waals surface area contributed by atoms with E-state index < -0.39 is 0 Å². The molecule has 2 rings (SSSR count). The SMILES string of the molecule is CC1CC2C=CC=C(CNC(C)(C)C)C2C1. The van der Waals surface area contributed by atoms with Crippen molar-refractivity contribution in [2.75, 3.05) is 6.54 Å². The molecule has 16 heavy (non-hydrogen) atoms.